The van der Waals surface area contributed by atoms with Gasteiger partial charge in [0.1, 0.15) is 0 Å². The summed E-state index contributed by atoms with van der Waals surface area (Å²) in [6.07, 6.45) is 3.41. The van der Waals surface area contributed by atoms with Crippen molar-refractivity contribution in [1.29, 1.82) is 0 Å². The number of hydrogen-bond acceptors (Lipinski definition) is 4. The summed E-state index contributed by atoms with van der Waals surface area (Å²) in [6, 6.07) is -0.0718. The van der Waals surface area contributed by atoms with Crippen molar-refractivity contribution in [1.82, 2.24) is 0 Å². The summed E-state index contributed by atoms with van der Waals surface area (Å²) < 4.78 is 5.46. The number of nitrogens with zero attached hydrogens (tertiary/aromatic N) is 1. The van der Waals surface area contributed by atoms with Crippen LogP contribution >= 0.6 is 0 Å². The molecule has 0 spiro atoms. The predicted molar refractivity (Wildman–Crippen MR) is 47.4 cm³/mol. The lowest BCUT2D eigenvalue weighted by molar-refractivity contribution is 0.0346. The second-order valence-corrected chi connectivity index (χ2v) is 2.91. The Kier molecular flexibility index (Phi) is 4.21. The molecule has 0 saturated carbocycles. The van der Waals surface area contributed by atoms with Crippen LogP contribution < -0.4 is 5.73 Å². The molecule has 1 aliphatic rings. The van der Waals surface area contributed by atoms with Gasteiger partial charge in [0.25, 0.3) is 0 Å². The van der Waals surface area contributed by atoms with Crippen LogP contribution in [0.25, 0.3) is 0 Å². The van der Waals surface area contributed by atoms with Crippen molar-refractivity contribution in [3.8, 4) is 0 Å². The molecule has 0 fully saturated rings. The molecule has 0 amide bonds. The summed E-state index contributed by atoms with van der Waals surface area (Å²) in [5, 5.41) is 8.52. The quantitative estimate of drug-likeness (QED) is 0.565. The molecule has 1 aliphatic heterocycles. The molecule has 0 aromatic heterocycles. The maximum Gasteiger partial charge on any atom is 0.0794 e. The smallest absolute Gasteiger partial charge is 0.0794 e. The van der Waals surface area contributed by atoms with Crippen LogP contribution in [0.5, 0.6) is 0 Å². The molecule has 0 saturated heterocycles. The molecule has 2 atom stereocenters. The monoisotopic (exact) mass is 172 g/mol. The molecular weight excluding hydrogens is 156 g/mol. The molecule has 0 aromatic rings. The highest BCUT2D eigenvalue weighted by atomic mass is 16.5. The SMILES string of the molecule is NC1C=NCCC1OCCCO. The van der Waals surface area contributed by atoms with Crippen LogP contribution in [-0.4, -0.2) is 43.2 Å². The first kappa shape index (κ1) is 9.64. The van der Waals surface area contributed by atoms with Gasteiger partial charge in [-0.3, -0.25) is 4.99 Å². The van der Waals surface area contributed by atoms with Gasteiger partial charge in [0.2, 0.25) is 0 Å². The van der Waals surface area contributed by atoms with Gasteiger partial charge in [-0.1, -0.05) is 0 Å². The molecular formula is C8H16N2O2. The largest absolute Gasteiger partial charge is 0.396 e. The fourth-order valence-corrected chi connectivity index (χ4v) is 1.18. The van der Waals surface area contributed by atoms with Gasteiger partial charge in [0.15, 0.2) is 0 Å². The Morgan fingerprint density at radius 1 is 1.67 bits per heavy atom. The van der Waals surface area contributed by atoms with E-state index in [2.05, 4.69) is 4.99 Å². The second-order valence-electron chi connectivity index (χ2n) is 2.91. The van der Waals surface area contributed by atoms with Gasteiger partial charge in [0, 0.05) is 26.0 Å². The van der Waals surface area contributed by atoms with E-state index in [1.54, 1.807) is 6.21 Å². The lowest BCUT2D eigenvalue weighted by Gasteiger charge is -2.23. The van der Waals surface area contributed by atoms with Crippen LogP contribution in [0.3, 0.4) is 0 Å². The number of hydrogen-bond donors (Lipinski definition) is 2. The number of ether oxygens (including phenoxy) is 1. The highest BCUT2D eigenvalue weighted by molar-refractivity contribution is 5.65. The van der Waals surface area contributed by atoms with E-state index in [9.17, 15) is 0 Å². The van der Waals surface area contributed by atoms with Gasteiger partial charge in [-0.05, 0) is 12.8 Å². The van der Waals surface area contributed by atoms with Gasteiger partial charge in [-0.25, -0.2) is 0 Å². The van der Waals surface area contributed by atoms with E-state index in [0.29, 0.717) is 13.0 Å². The Morgan fingerprint density at radius 2 is 2.50 bits per heavy atom. The first-order valence-electron chi connectivity index (χ1n) is 4.32. The lowest BCUT2D eigenvalue weighted by Crippen LogP contribution is -2.41. The maximum atomic E-state index is 8.52. The maximum absolute atomic E-state index is 8.52. The molecule has 4 heteroatoms. The van der Waals surface area contributed by atoms with Crippen LogP contribution in [-0.2, 0) is 4.74 Å². The molecule has 12 heavy (non-hydrogen) atoms. The third-order valence-corrected chi connectivity index (χ3v) is 1.88. The molecule has 3 N–H and O–H groups in total. The number of aliphatic imine (C=N–C) groups is 1. The van der Waals surface area contributed by atoms with Gasteiger partial charge < -0.3 is 15.6 Å². The first-order chi connectivity index (χ1) is 5.84. The molecule has 0 aromatic carbocycles. The molecule has 4 nitrogen and oxygen atoms in total. The van der Waals surface area contributed by atoms with Crippen molar-refractivity contribution in [3.63, 3.8) is 0 Å². The molecule has 1 heterocycles. The topological polar surface area (TPSA) is 67.8 Å². The van der Waals surface area contributed by atoms with E-state index in [1.807, 2.05) is 0 Å². The summed E-state index contributed by atoms with van der Waals surface area (Å²) in [5.74, 6) is 0. The highest BCUT2D eigenvalue weighted by Crippen LogP contribution is 2.06. The third kappa shape index (κ3) is 2.89. The number of aliphatic hydroxyl groups excluding tert-OH is 1. The fraction of sp³-hybridized carbons (Fsp3) is 0.875. The lowest BCUT2D eigenvalue weighted by atomic mass is 10.1. The van der Waals surface area contributed by atoms with Gasteiger partial charge in [-0.2, -0.15) is 0 Å². The number of nitrogens with two attached hydrogens (primary N) is 1. The van der Waals surface area contributed by atoms with Crippen LogP contribution in [0.4, 0.5) is 0 Å². The van der Waals surface area contributed by atoms with Crippen molar-refractivity contribution >= 4 is 6.21 Å². The van der Waals surface area contributed by atoms with Crippen LogP contribution in [0.15, 0.2) is 4.99 Å². The zero-order valence-corrected chi connectivity index (χ0v) is 7.15. The predicted octanol–water partition coefficient (Wildman–Crippen LogP) is -0.444. The zero-order valence-electron chi connectivity index (χ0n) is 7.15. The molecule has 1 rings (SSSR count). The van der Waals surface area contributed by atoms with E-state index < -0.39 is 0 Å². The van der Waals surface area contributed by atoms with Crippen molar-refractivity contribution in [2.24, 2.45) is 10.7 Å². The normalized spacial score (nSPS) is 29.2. The first-order valence-corrected chi connectivity index (χ1v) is 4.32. The standard InChI is InChI=1S/C8H16N2O2/c9-7-6-10-3-2-8(7)12-5-1-4-11/h6-8,11H,1-5,9H2. The average molecular weight is 172 g/mol. The van der Waals surface area contributed by atoms with Crippen molar-refractivity contribution in [2.45, 2.75) is 25.0 Å². The average Bonchev–Trinajstić information content (AvgIpc) is 2.09. The second kappa shape index (κ2) is 5.24. The minimum absolute atomic E-state index is 0.0718. The van der Waals surface area contributed by atoms with Gasteiger partial charge >= 0.3 is 0 Å². The van der Waals surface area contributed by atoms with E-state index in [4.69, 9.17) is 15.6 Å². The van der Waals surface area contributed by atoms with Crippen LogP contribution in [0.1, 0.15) is 12.8 Å². The molecule has 70 valence electrons. The Balaban J connectivity index is 2.18. The molecule has 0 bridgehead atoms. The Bertz CT molecular complexity index is 150. The van der Waals surface area contributed by atoms with Crippen LogP contribution in [0, 0.1) is 0 Å². The minimum Gasteiger partial charge on any atom is -0.396 e. The highest BCUT2D eigenvalue weighted by Gasteiger charge is 2.18. The zero-order chi connectivity index (χ0) is 8.81. The summed E-state index contributed by atoms with van der Waals surface area (Å²) in [4.78, 5) is 4.06. The summed E-state index contributed by atoms with van der Waals surface area (Å²) in [6.45, 7) is 1.57. The van der Waals surface area contributed by atoms with Gasteiger partial charge in [-0.15, -0.1) is 0 Å². The summed E-state index contributed by atoms with van der Waals surface area (Å²) in [7, 11) is 0. The van der Waals surface area contributed by atoms with Crippen molar-refractivity contribution < 1.29 is 9.84 Å². The molecule has 2 unspecified atom stereocenters. The minimum atomic E-state index is -0.0718. The Hall–Kier alpha value is -0.450. The third-order valence-electron chi connectivity index (χ3n) is 1.88. The fourth-order valence-electron chi connectivity index (χ4n) is 1.18. The Morgan fingerprint density at radius 3 is 3.17 bits per heavy atom. The van der Waals surface area contributed by atoms with E-state index in [-0.39, 0.29) is 18.8 Å². The van der Waals surface area contributed by atoms with Crippen LogP contribution in [0.2, 0.25) is 0 Å². The number of rotatable bonds is 4. The number of aliphatic hydroxyl groups is 1. The van der Waals surface area contributed by atoms with Gasteiger partial charge in [0.05, 0.1) is 12.1 Å². The molecule has 0 aliphatic carbocycles. The molecule has 0 radical (unpaired) electrons. The summed E-state index contributed by atoms with van der Waals surface area (Å²) >= 11 is 0. The van der Waals surface area contributed by atoms with E-state index >= 15 is 0 Å². The Labute approximate surface area is 72.4 Å². The summed E-state index contributed by atoms with van der Waals surface area (Å²) in [5.41, 5.74) is 5.72. The van der Waals surface area contributed by atoms with E-state index in [1.165, 1.54) is 0 Å². The van der Waals surface area contributed by atoms with Crippen molar-refractivity contribution in [3.05, 3.63) is 0 Å². The van der Waals surface area contributed by atoms with E-state index in [0.717, 1.165) is 13.0 Å². The van der Waals surface area contributed by atoms with Crippen molar-refractivity contribution in [2.75, 3.05) is 19.8 Å².